The average molecular weight is 1560 g/mol. The van der Waals surface area contributed by atoms with Gasteiger partial charge in [0.05, 0.1) is 65.9 Å². The molecule has 16 heterocycles. The summed E-state index contributed by atoms with van der Waals surface area (Å²) in [5, 5.41) is 60.9. The first kappa shape index (κ1) is 72.9. The van der Waals surface area contributed by atoms with Crippen molar-refractivity contribution in [2.75, 3.05) is 138 Å². The minimum absolute atomic E-state index is 0.0386. The minimum atomic E-state index is -0.628. The number of hydrogen-bond acceptors (Lipinski definition) is 26. The number of pyridine rings is 3. The lowest BCUT2D eigenvalue weighted by atomic mass is 9.61. The quantitative estimate of drug-likeness (QED) is 0.0464. The Morgan fingerprint density at radius 3 is 1.48 bits per heavy atom. The van der Waals surface area contributed by atoms with E-state index in [0.717, 1.165) is 168 Å². The Kier molecular flexibility index (Phi) is 18.4. The van der Waals surface area contributed by atoms with Gasteiger partial charge in [-0.25, -0.2) is 15.0 Å². The lowest BCUT2D eigenvalue weighted by molar-refractivity contribution is -0.111. The summed E-state index contributed by atoms with van der Waals surface area (Å²) < 4.78 is 13.9. The van der Waals surface area contributed by atoms with E-state index in [9.17, 15) is 15.3 Å². The molecular formula is C91H97N21O5. The summed E-state index contributed by atoms with van der Waals surface area (Å²) in [6.07, 6.45) is 17.4. The van der Waals surface area contributed by atoms with Gasteiger partial charge in [0.1, 0.15) is 40.3 Å². The van der Waals surface area contributed by atoms with Crippen LogP contribution in [0.1, 0.15) is 94.6 Å². The first-order valence-electron chi connectivity index (χ1n) is 42.0. The van der Waals surface area contributed by atoms with E-state index >= 15 is 0 Å². The zero-order valence-electron chi connectivity index (χ0n) is 65.8. The predicted molar refractivity (Wildman–Crippen MR) is 451 cm³/mol. The van der Waals surface area contributed by atoms with Crippen LogP contribution in [-0.4, -0.2) is 227 Å². The van der Waals surface area contributed by atoms with Crippen molar-refractivity contribution in [3.8, 4) is 92.3 Å². The number of rotatable bonds is 17. The molecule has 10 saturated heterocycles. The molecule has 3 aliphatic carbocycles. The number of para-hydroxylation sites is 3. The fourth-order valence-corrected chi connectivity index (χ4v) is 22.4. The van der Waals surface area contributed by atoms with E-state index in [2.05, 4.69) is 170 Å². The monoisotopic (exact) mass is 1560 g/mol. The second-order valence-corrected chi connectivity index (χ2v) is 34.7. The number of nitrogens with zero attached hydrogens (tertiary/aromatic N) is 18. The lowest BCUT2D eigenvalue weighted by Gasteiger charge is -2.53. The summed E-state index contributed by atoms with van der Waals surface area (Å²) in [5.41, 5.74) is 30.9. The van der Waals surface area contributed by atoms with E-state index in [4.69, 9.17) is 31.7 Å². The van der Waals surface area contributed by atoms with Gasteiger partial charge in [0.25, 0.3) is 0 Å². The molecule has 13 aliphatic rings. The normalized spacial score (nSPS) is 28.4. The molecule has 3 saturated carbocycles. The Balaban J connectivity index is 0.427. The summed E-state index contributed by atoms with van der Waals surface area (Å²) in [6, 6.07) is 41.7. The number of phenols is 2. The van der Waals surface area contributed by atoms with Crippen LogP contribution in [0, 0.1) is 59.2 Å². The van der Waals surface area contributed by atoms with Crippen LogP contribution in [0.3, 0.4) is 0 Å². The Morgan fingerprint density at radius 1 is 0.487 bits per heavy atom. The Morgan fingerprint density at radius 2 is 0.966 bits per heavy atom. The molecule has 22 rings (SSSR count). The fourth-order valence-electron chi connectivity index (χ4n) is 22.4. The maximum Gasteiger partial charge on any atom is 0.169 e. The molecule has 596 valence electrons. The topological polar surface area (TPSA) is 302 Å². The molecule has 6 aromatic heterocycles. The van der Waals surface area contributed by atoms with Gasteiger partial charge < -0.3 is 71.4 Å². The van der Waals surface area contributed by atoms with Gasteiger partial charge in [-0.3, -0.25) is 14.7 Å². The molecule has 13 fully saturated rings. The standard InChI is InChI=1S/C91H97N21O5/c1-56-75-54-109(91(56,55-113)86(75)116-83-17-5-3-14-73(83)77-43-80(88(93)102-99-77)107-50-68-23-24-69(51-107)111(68)64-28-32-96-60(40-64)11-8-35-105-46-57-19-20-62(105)38-57)36-9-12-61-41-65(29-33-97-61)112-70-25-26-71(112)53-108(52-70)81-44-78(100-103-89(81)94)74-15-6-18-84(85(74)115)117-90-30-37-104(47-58(90)45-90)34-7-10-59-39-63(27-31-95-59)110-66-21-22-67(110)49-106(48-66)79-42-76(98-101-87(79)92)72-13-2-4-16-82(72)114/h2-6,13-18,27-29,31-33,39-44,56-58,62,66-71,75,86,113-115H,19-26,30,34-38,45-55H2,1H3,(H2,92,101)(H2,93,102)(H2,94,103)/t56-,57+,58+,62-,66?,67?,68?,69?,70?,71?,75?,86?,90-,91?/m1/s1. The van der Waals surface area contributed by atoms with E-state index in [1.54, 1.807) is 12.1 Å². The molecule has 0 amide bonds. The molecule has 0 radical (unpaired) electrons. The summed E-state index contributed by atoms with van der Waals surface area (Å²) in [5.74, 6) is 24.6. The number of ether oxygens (including phenoxy) is 2. The number of benzene rings is 3. The first-order chi connectivity index (χ1) is 57.2. The predicted octanol–water partition coefficient (Wildman–Crippen LogP) is 8.82. The van der Waals surface area contributed by atoms with Crippen LogP contribution < -0.4 is 56.1 Å². The number of aliphatic hydroxyl groups is 1. The van der Waals surface area contributed by atoms with Crippen LogP contribution in [0.25, 0.3) is 33.8 Å². The van der Waals surface area contributed by atoms with Gasteiger partial charge in [-0.15, -0.1) is 30.6 Å². The van der Waals surface area contributed by atoms with Crippen LogP contribution in [0.5, 0.6) is 23.0 Å². The molecular weight excluding hydrogens is 1470 g/mol. The molecule has 3 aromatic carbocycles. The molecule has 9 aromatic rings. The number of nitrogen functional groups attached to an aromatic ring is 3. The molecule has 26 nitrogen and oxygen atoms in total. The number of nitrogens with two attached hydrogens (primary N) is 3. The summed E-state index contributed by atoms with van der Waals surface area (Å²) in [6.45, 7) is 12.2. The van der Waals surface area contributed by atoms with Crippen LogP contribution >= 0.6 is 0 Å². The molecule has 10 aliphatic heterocycles. The van der Waals surface area contributed by atoms with Gasteiger partial charge in [0.15, 0.2) is 29.0 Å². The molecule has 0 spiro atoms. The zero-order chi connectivity index (χ0) is 78.8. The van der Waals surface area contributed by atoms with Gasteiger partial charge in [0.2, 0.25) is 0 Å². The summed E-state index contributed by atoms with van der Waals surface area (Å²) in [7, 11) is 0. The SMILES string of the molecule is C[C@@H]1C2CN(CC#Cc3cc(N4C5CCC4CN(c4cc(-c6cccc(O[C@@]78CCN(CC#Cc9cc(N%10C%11CCC%10CN(c%10cc(-c%12ccccc%12O)nnc%10N)C%11)ccn9)C[C@@H]7C8)c6O)nnc4N)C5)ccn3)C1(CO)C2Oc1ccccc1-c1cc(N2CC3CCC(C2)N3c2ccnc(C#CCN3C[C@H]4CC[C@@H]3C4)c2)c(N)nn1. The van der Waals surface area contributed by atoms with Crippen molar-refractivity contribution in [2.45, 2.75) is 137 Å². The number of anilines is 9. The van der Waals surface area contributed by atoms with Crippen molar-refractivity contribution >= 4 is 51.6 Å². The average Bonchev–Trinajstić information content (AvgIpc) is 1.52. The fraction of sp³-hybridized carbons (Fsp3) is 0.440. The number of piperidine rings is 2. The van der Waals surface area contributed by atoms with E-state index in [-0.39, 0.29) is 65.8 Å². The highest BCUT2D eigenvalue weighted by Gasteiger charge is 2.70. The van der Waals surface area contributed by atoms with E-state index in [1.807, 2.05) is 85.3 Å². The van der Waals surface area contributed by atoms with Crippen molar-refractivity contribution in [3.05, 3.63) is 157 Å². The van der Waals surface area contributed by atoms with Crippen LogP contribution in [0.4, 0.5) is 51.6 Å². The maximum atomic E-state index is 12.0. The third kappa shape index (κ3) is 13.1. The van der Waals surface area contributed by atoms with Crippen molar-refractivity contribution in [1.82, 2.24) is 60.2 Å². The Labute approximate surface area is 681 Å². The second kappa shape index (κ2) is 29.5. The van der Waals surface area contributed by atoms with Gasteiger partial charge in [-0.1, -0.05) is 55.0 Å². The third-order valence-electron chi connectivity index (χ3n) is 28.3. The van der Waals surface area contributed by atoms with Gasteiger partial charge in [-0.2, -0.15) is 0 Å². The number of likely N-dealkylation sites (tertiary alicyclic amines) is 2. The van der Waals surface area contributed by atoms with E-state index in [1.165, 1.54) is 31.5 Å². The first-order valence-corrected chi connectivity index (χ1v) is 42.0. The minimum Gasteiger partial charge on any atom is -0.507 e. The third-order valence-corrected chi connectivity index (χ3v) is 28.3. The van der Waals surface area contributed by atoms with Crippen molar-refractivity contribution in [3.63, 3.8) is 0 Å². The molecule has 10 bridgehead atoms. The summed E-state index contributed by atoms with van der Waals surface area (Å²) in [4.78, 5) is 36.0. The lowest BCUT2D eigenvalue weighted by Crippen LogP contribution is -2.68. The van der Waals surface area contributed by atoms with Crippen LogP contribution in [0.15, 0.2) is 140 Å². The largest absolute Gasteiger partial charge is 0.507 e. The number of fused-ring (bicyclic) bond motifs is 10. The van der Waals surface area contributed by atoms with E-state index < -0.39 is 5.54 Å². The molecule has 117 heavy (non-hydrogen) atoms. The van der Waals surface area contributed by atoms with Crippen molar-refractivity contribution < 1.29 is 24.8 Å². The smallest absolute Gasteiger partial charge is 0.169 e. The zero-order valence-corrected chi connectivity index (χ0v) is 65.8. The number of aromatic hydroxyl groups is 2. The molecule has 26 heteroatoms. The van der Waals surface area contributed by atoms with Crippen LogP contribution in [-0.2, 0) is 0 Å². The van der Waals surface area contributed by atoms with Gasteiger partial charge in [-0.05, 0) is 185 Å². The number of aliphatic hydroxyl groups excluding tert-OH is 1. The van der Waals surface area contributed by atoms with E-state index in [0.29, 0.717) is 100.0 Å². The van der Waals surface area contributed by atoms with Crippen molar-refractivity contribution in [1.29, 1.82) is 0 Å². The number of phenolic OH excluding ortho intramolecular Hbond substituents is 2. The molecule has 9 N–H and O–H groups in total. The van der Waals surface area contributed by atoms with Crippen molar-refractivity contribution in [2.24, 2.45) is 23.7 Å². The Hall–Kier alpha value is -11.7. The van der Waals surface area contributed by atoms with Crippen LogP contribution in [0.2, 0.25) is 0 Å². The number of aromatic nitrogens is 9. The number of hydrogen-bond donors (Lipinski definition) is 6. The second-order valence-electron chi connectivity index (χ2n) is 34.7. The molecule has 9 unspecified atom stereocenters. The van der Waals surface area contributed by atoms with Gasteiger partial charge in [0, 0.05) is 178 Å². The van der Waals surface area contributed by atoms with Gasteiger partial charge >= 0.3 is 0 Å². The highest BCUT2D eigenvalue weighted by Crippen LogP contribution is 2.58. The highest BCUT2D eigenvalue weighted by molar-refractivity contribution is 5.79. The number of piperazine rings is 3. The Bertz CT molecular complexity index is 5530. The summed E-state index contributed by atoms with van der Waals surface area (Å²) >= 11 is 0. The highest BCUT2D eigenvalue weighted by atomic mass is 16.5. The maximum absolute atomic E-state index is 12.0. The molecule has 14 atom stereocenters.